The van der Waals surface area contributed by atoms with Crippen LogP contribution in [0.2, 0.25) is 0 Å². The third-order valence-electron chi connectivity index (χ3n) is 3.23. The molecule has 3 N–H and O–H groups in total. The zero-order valence-electron chi connectivity index (χ0n) is 11.4. The SMILES string of the molecule is O=C(NC(=S)NCC[NH+]1CCOCC1)c1ccccc1. The van der Waals surface area contributed by atoms with Gasteiger partial charge in [0.15, 0.2) is 5.11 Å². The highest BCUT2D eigenvalue weighted by atomic mass is 32.1. The molecule has 0 aromatic heterocycles. The Bertz CT molecular complexity index is 447. The van der Waals surface area contributed by atoms with Crippen LogP contribution in [0.25, 0.3) is 0 Å². The molecule has 6 heteroatoms. The van der Waals surface area contributed by atoms with Crippen molar-refractivity contribution in [1.82, 2.24) is 10.6 Å². The van der Waals surface area contributed by atoms with Gasteiger partial charge in [0.1, 0.15) is 13.1 Å². The summed E-state index contributed by atoms with van der Waals surface area (Å²) in [4.78, 5) is 13.4. The number of carbonyl (C=O) groups excluding carboxylic acids is 1. The topological polar surface area (TPSA) is 54.8 Å². The van der Waals surface area contributed by atoms with Crippen LogP contribution in [-0.4, -0.2) is 50.4 Å². The van der Waals surface area contributed by atoms with Crippen molar-refractivity contribution in [2.75, 3.05) is 39.4 Å². The second-order valence-electron chi connectivity index (χ2n) is 4.69. The minimum absolute atomic E-state index is 0.179. The largest absolute Gasteiger partial charge is 0.370 e. The molecule has 0 unspecified atom stereocenters. The number of quaternary nitrogens is 1. The number of hydrogen-bond acceptors (Lipinski definition) is 3. The molecule has 20 heavy (non-hydrogen) atoms. The molecule has 1 aliphatic rings. The maximum absolute atomic E-state index is 11.9. The summed E-state index contributed by atoms with van der Waals surface area (Å²) in [6, 6.07) is 9.05. The molecule has 0 spiro atoms. The number of ether oxygens (including phenoxy) is 1. The number of amides is 1. The zero-order valence-corrected chi connectivity index (χ0v) is 12.2. The van der Waals surface area contributed by atoms with Crippen LogP contribution in [0.5, 0.6) is 0 Å². The van der Waals surface area contributed by atoms with Gasteiger partial charge in [-0.15, -0.1) is 0 Å². The van der Waals surface area contributed by atoms with Crippen LogP contribution in [0.3, 0.4) is 0 Å². The number of hydrogen-bond donors (Lipinski definition) is 3. The first kappa shape index (κ1) is 14.9. The van der Waals surface area contributed by atoms with Gasteiger partial charge in [0, 0.05) is 5.56 Å². The van der Waals surface area contributed by atoms with Gasteiger partial charge in [0.05, 0.1) is 26.3 Å². The first-order chi connectivity index (χ1) is 9.75. The van der Waals surface area contributed by atoms with Gasteiger partial charge in [-0.05, 0) is 24.4 Å². The van der Waals surface area contributed by atoms with Gasteiger partial charge in [-0.2, -0.15) is 0 Å². The Labute approximate surface area is 124 Å². The van der Waals surface area contributed by atoms with Crippen LogP contribution in [0.1, 0.15) is 10.4 Å². The van der Waals surface area contributed by atoms with Gasteiger partial charge < -0.3 is 15.0 Å². The molecule has 1 heterocycles. The van der Waals surface area contributed by atoms with Crippen molar-refractivity contribution in [2.24, 2.45) is 0 Å². The van der Waals surface area contributed by atoms with E-state index in [1.165, 1.54) is 4.90 Å². The summed E-state index contributed by atoms with van der Waals surface area (Å²) >= 11 is 5.12. The first-order valence-electron chi connectivity index (χ1n) is 6.81. The van der Waals surface area contributed by atoms with Crippen LogP contribution < -0.4 is 15.5 Å². The van der Waals surface area contributed by atoms with Crippen molar-refractivity contribution in [3.63, 3.8) is 0 Å². The molecule has 0 aliphatic carbocycles. The normalized spacial score (nSPS) is 15.6. The summed E-state index contributed by atoms with van der Waals surface area (Å²) in [6.07, 6.45) is 0. The molecule has 1 amide bonds. The van der Waals surface area contributed by atoms with Crippen LogP contribution >= 0.6 is 12.2 Å². The number of benzene rings is 1. The van der Waals surface area contributed by atoms with Crippen LogP contribution in [0, 0.1) is 0 Å². The standard InChI is InChI=1S/C14H19N3O2S/c18-13(12-4-2-1-3-5-12)16-14(20)15-6-7-17-8-10-19-11-9-17/h1-5H,6-11H2,(H2,15,16,18,20)/p+1. The second kappa shape index (κ2) is 7.94. The third kappa shape index (κ3) is 4.88. The molecule has 1 saturated heterocycles. The van der Waals surface area contributed by atoms with E-state index < -0.39 is 0 Å². The van der Waals surface area contributed by atoms with Crippen molar-refractivity contribution in [3.05, 3.63) is 35.9 Å². The molecule has 5 nitrogen and oxygen atoms in total. The molecule has 108 valence electrons. The smallest absolute Gasteiger partial charge is 0.257 e. The highest BCUT2D eigenvalue weighted by Gasteiger charge is 2.13. The van der Waals surface area contributed by atoms with Crippen LogP contribution in [-0.2, 0) is 4.74 Å². The minimum atomic E-state index is -0.179. The highest BCUT2D eigenvalue weighted by molar-refractivity contribution is 7.80. The Hall–Kier alpha value is -1.50. The Kier molecular flexibility index (Phi) is 5.91. The van der Waals surface area contributed by atoms with Crippen LogP contribution in [0.15, 0.2) is 30.3 Å². The second-order valence-corrected chi connectivity index (χ2v) is 5.10. The van der Waals surface area contributed by atoms with Crippen molar-refractivity contribution >= 4 is 23.2 Å². The Morgan fingerprint density at radius 3 is 2.65 bits per heavy atom. The molecule has 0 atom stereocenters. The number of morpholine rings is 1. The van der Waals surface area contributed by atoms with E-state index >= 15 is 0 Å². The van der Waals surface area contributed by atoms with E-state index in [1.807, 2.05) is 18.2 Å². The predicted octanol–water partition coefficient (Wildman–Crippen LogP) is -0.794. The number of rotatable bonds is 4. The van der Waals surface area contributed by atoms with Crippen LogP contribution in [0.4, 0.5) is 0 Å². The lowest BCUT2D eigenvalue weighted by atomic mass is 10.2. The fourth-order valence-corrected chi connectivity index (χ4v) is 2.27. The fraction of sp³-hybridized carbons (Fsp3) is 0.429. The maximum Gasteiger partial charge on any atom is 0.257 e. The number of thiocarbonyl (C=S) groups is 1. The summed E-state index contributed by atoms with van der Waals surface area (Å²) in [6.45, 7) is 5.44. The zero-order chi connectivity index (χ0) is 14.2. The summed E-state index contributed by atoms with van der Waals surface area (Å²) in [5.74, 6) is -0.179. The molecule has 0 bridgehead atoms. The quantitative estimate of drug-likeness (QED) is 0.637. The lowest BCUT2D eigenvalue weighted by Gasteiger charge is -2.23. The van der Waals surface area contributed by atoms with E-state index in [1.54, 1.807) is 12.1 Å². The molecule has 1 aromatic carbocycles. The van der Waals surface area contributed by atoms with Gasteiger partial charge in [-0.3, -0.25) is 10.1 Å². The monoisotopic (exact) mass is 294 g/mol. The number of nitrogens with one attached hydrogen (secondary N) is 3. The van der Waals surface area contributed by atoms with Gasteiger partial charge in [-0.1, -0.05) is 18.2 Å². The Balaban J connectivity index is 1.66. The van der Waals surface area contributed by atoms with Crippen molar-refractivity contribution in [2.45, 2.75) is 0 Å². The molecule has 1 aliphatic heterocycles. The van der Waals surface area contributed by atoms with E-state index in [2.05, 4.69) is 10.6 Å². The summed E-state index contributed by atoms with van der Waals surface area (Å²) in [5, 5.41) is 6.13. The molecule has 0 saturated carbocycles. The highest BCUT2D eigenvalue weighted by Crippen LogP contribution is 1.97. The van der Waals surface area contributed by atoms with Crippen molar-refractivity contribution in [3.8, 4) is 0 Å². The van der Waals surface area contributed by atoms with Gasteiger partial charge >= 0.3 is 0 Å². The maximum atomic E-state index is 11.9. The fourth-order valence-electron chi connectivity index (χ4n) is 2.07. The van der Waals surface area contributed by atoms with Gasteiger partial charge in [0.25, 0.3) is 5.91 Å². The summed E-state index contributed by atoms with van der Waals surface area (Å²) < 4.78 is 5.30. The van der Waals surface area contributed by atoms with Crippen molar-refractivity contribution in [1.29, 1.82) is 0 Å². The van der Waals surface area contributed by atoms with Gasteiger partial charge in [-0.25, -0.2) is 0 Å². The number of carbonyl (C=O) groups is 1. The first-order valence-corrected chi connectivity index (χ1v) is 7.22. The molecule has 1 fully saturated rings. The van der Waals surface area contributed by atoms with Crippen molar-refractivity contribution < 1.29 is 14.4 Å². The molecule has 2 rings (SSSR count). The average molecular weight is 294 g/mol. The third-order valence-corrected chi connectivity index (χ3v) is 3.47. The summed E-state index contributed by atoms with van der Waals surface area (Å²) in [5.41, 5.74) is 0.607. The molecular weight excluding hydrogens is 274 g/mol. The lowest BCUT2D eigenvalue weighted by Crippen LogP contribution is -3.14. The van der Waals surface area contributed by atoms with Gasteiger partial charge in [0.2, 0.25) is 0 Å². The van der Waals surface area contributed by atoms with E-state index in [4.69, 9.17) is 17.0 Å². The Morgan fingerprint density at radius 1 is 1.25 bits per heavy atom. The molecular formula is C14H20N3O2S+. The Morgan fingerprint density at radius 2 is 1.95 bits per heavy atom. The van der Waals surface area contributed by atoms with E-state index in [0.29, 0.717) is 10.7 Å². The minimum Gasteiger partial charge on any atom is -0.370 e. The summed E-state index contributed by atoms with van der Waals surface area (Å²) in [7, 11) is 0. The average Bonchev–Trinajstić information content (AvgIpc) is 2.49. The lowest BCUT2D eigenvalue weighted by molar-refractivity contribution is -0.906. The molecule has 0 radical (unpaired) electrons. The predicted molar refractivity (Wildman–Crippen MR) is 80.9 cm³/mol. The van der Waals surface area contributed by atoms with E-state index in [0.717, 1.165) is 39.4 Å². The van der Waals surface area contributed by atoms with E-state index in [9.17, 15) is 4.79 Å². The van der Waals surface area contributed by atoms with E-state index in [-0.39, 0.29) is 5.91 Å². The molecule has 1 aromatic rings.